The quantitative estimate of drug-likeness (QED) is 0.595. The van der Waals surface area contributed by atoms with E-state index in [-0.39, 0.29) is 0 Å². The summed E-state index contributed by atoms with van der Waals surface area (Å²) in [5.41, 5.74) is 2.71. The second-order valence-electron chi connectivity index (χ2n) is 3.53. The number of unbranched alkanes of at least 4 members (excludes halogenated alkanes) is 1. The van der Waals surface area contributed by atoms with E-state index in [1.54, 1.807) is 0 Å². The van der Waals surface area contributed by atoms with Crippen molar-refractivity contribution in [2.45, 2.75) is 31.6 Å². The van der Waals surface area contributed by atoms with Crippen molar-refractivity contribution >= 4 is 11.8 Å². The van der Waals surface area contributed by atoms with Crippen molar-refractivity contribution in [3.63, 3.8) is 0 Å². The summed E-state index contributed by atoms with van der Waals surface area (Å²) in [7, 11) is 0. The fraction of sp³-hybridized carbons (Fsp3) is 0.500. The van der Waals surface area contributed by atoms with Gasteiger partial charge in [0.15, 0.2) is 0 Å². The molecule has 0 amide bonds. The fourth-order valence-electron chi connectivity index (χ4n) is 1.21. The Hall–Kier alpha value is -0.470. The van der Waals surface area contributed by atoms with E-state index in [2.05, 4.69) is 32.0 Å². The summed E-state index contributed by atoms with van der Waals surface area (Å²) in [5, 5.41) is 8.63. The lowest BCUT2D eigenvalue weighted by atomic mass is 10.1. The van der Waals surface area contributed by atoms with Gasteiger partial charge in [-0.1, -0.05) is 6.07 Å². The van der Waals surface area contributed by atoms with Gasteiger partial charge >= 0.3 is 0 Å². The standard InChI is InChI=1S/C12H18OS/c1-10-5-6-12(9-11(10)2)14-8-4-3-7-13/h5-6,9,13H,3-4,7-8H2,1-2H3. The number of benzene rings is 1. The molecule has 1 nitrogen and oxygen atoms in total. The highest BCUT2D eigenvalue weighted by molar-refractivity contribution is 7.99. The molecular weight excluding hydrogens is 192 g/mol. The monoisotopic (exact) mass is 210 g/mol. The van der Waals surface area contributed by atoms with Gasteiger partial charge in [0, 0.05) is 11.5 Å². The van der Waals surface area contributed by atoms with Crippen molar-refractivity contribution < 1.29 is 5.11 Å². The van der Waals surface area contributed by atoms with Crippen LogP contribution in [-0.4, -0.2) is 17.5 Å². The number of hydrogen-bond donors (Lipinski definition) is 1. The van der Waals surface area contributed by atoms with E-state index in [4.69, 9.17) is 5.11 Å². The highest BCUT2D eigenvalue weighted by atomic mass is 32.2. The van der Waals surface area contributed by atoms with Crippen molar-refractivity contribution in [3.05, 3.63) is 29.3 Å². The van der Waals surface area contributed by atoms with Crippen molar-refractivity contribution in [2.75, 3.05) is 12.4 Å². The van der Waals surface area contributed by atoms with Crippen LogP contribution in [0.25, 0.3) is 0 Å². The largest absolute Gasteiger partial charge is 0.396 e. The first-order valence-corrected chi connectivity index (χ1v) is 6.03. The van der Waals surface area contributed by atoms with Gasteiger partial charge in [0.1, 0.15) is 0 Å². The minimum absolute atomic E-state index is 0.313. The number of thioether (sulfide) groups is 1. The molecule has 0 atom stereocenters. The van der Waals surface area contributed by atoms with E-state index in [1.807, 2.05) is 11.8 Å². The molecule has 1 aromatic rings. The lowest BCUT2D eigenvalue weighted by Crippen LogP contribution is -1.86. The van der Waals surface area contributed by atoms with Crippen molar-refractivity contribution in [2.24, 2.45) is 0 Å². The topological polar surface area (TPSA) is 20.2 Å². The van der Waals surface area contributed by atoms with Crippen LogP contribution >= 0.6 is 11.8 Å². The first kappa shape index (κ1) is 11.6. The summed E-state index contributed by atoms with van der Waals surface area (Å²) in [6, 6.07) is 6.58. The van der Waals surface area contributed by atoms with Crippen molar-refractivity contribution in [1.29, 1.82) is 0 Å². The average Bonchev–Trinajstić information content (AvgIpc) is 2.18. The fourth-order valence-corrected chi connectivity index (χ4v) is 2.22. The molecule has 1 N–H and O–H groups in total. The van der Waals surface area contributed by atoms with Crippen LogP contribution in [0.15, 0.2) is 23.1 Å². The van der Waals surface area contributed by atoms with Crippen LogP contribution in [0.3, 0.4) is 0 Å². The zero-order valence-electron chi connectivity index (χ0n) is 8.92. The van der Waals surface area contributed by atoms with E-state index in [0.717, 1.165) is 18.6 Å². The maximum Gasteiger partial charge on any atom is 0.0431 e. The summed E-state index contributed by atoms with van der Waals surface area (Å²) in [5.74, 6) is 1.10. The minimum atomic E-state index is 0.313. The van der Waals surface area contributed by atoms with Gasteiger partial charge < -0.3 is 5.11 Å². The number of aryl methyl sites for hydroxylation is 2. The molecule has 2 heteroatoms. The molecule has 1 rings (SSSR count). The molecule has 0 saturated heterocycles. The Balaban J connectivity index is 2.39. The number of aliphatic hydroxyl groups is 1. The Morgan fingerprint density at radius 3 is 2.57 bits per heavy atom. The third kappa shape index (κ3) is 3.72. The summed E-state index contributed by atoms with van der Waals surface area (Å²) in [4.78, 5) is 1.34. The summed E-state index contributed by atoms with van der Waals surface area (Å²) in [6.45, 7) is 4.59. The maximum atomic E-state index is 8.63. The Bertz CT molecular complexity index is 284. The Morgan fingerprint density at radius 2 is 1.93 bits per heavy atom. The highest BCUT2D eigenvalue weighted by Gasteiger charge is 1.96. The van der Waals surface area contributed by atoms with Gasteiger partial charge in [-0.2, -0.15) is 0 Å². The molecule has 1 aromatic carbocycles. The van der Waals surface area contributed by atoms with Gasteiger partial charge in [0.25, 0.3) is 0 Å². The van der Waals surface area contributed by atoms with E-state index in [0.29, 0.717) is 6.61 Å². The zero-order valence-corrected chi connectivity index (χ0v) is 9.73. The second kappa shape index (κ2) is 6.10. The number of hydrogen-bond acceptors (Lipinski definition) is 2. The van der Waals surface area contributed by atoms with Gasteiger partial charge in [0.05, 0.1) is 0 Å². The molecule has 14 heavy (non-hydrogen) atoms. The number of aliphatic hydroxyl groups excluding tert-OH is 1. The summed E-state index contributed by atoms with van der Waals surface area (Å²) < 4.78 is 0. The van der Waals surface area contributed by atoms with Crippen molar-refractivity contribution in [3.8, 4) is 0 Å². The van der Waals surface area contributed by atoms with Crippen LogP contribution in [0, 0.1) is 13.8 Å². The smallest absolute Gasteiger partial charge is 0.0431 e. The van der Waals surface area contributed by atoms with Crippen LogP contribution in [-0.2, 0) is 0 Å². The lowest BCUT2D eigenvalue weighted by Gasteiger charge is -2.04. The van der Waals surface area contributed by atoms with Crippen LogP contribution in [0.5, 0.6) is 0 Å². The van der Waals surface area contributed by atoms with Gasteiger partial charge in [-0.3, -0.25) is 0 Å². The van der Waals surface area contributed by atoms with E-state index in [9.17, 15) is 0 Å². The molecule has 0 saturated carbocycles. The predicted molar refractivity (Wildman–Crippen MR) is 63.0 cm³/mol. The predicted octanol–water partition coefficient (Wildman–Crippen LogP) is 3.17. The molecular formula is C12H18OS. The van der Waals surface area contributed by atoms with Crippen LogP contribution in [0.1, 0.15) is 24.0 Å². The summed E-state index contributed by atoms with van der Waals surface area (Å²) in [6.07, 6.45) is 2.01. The van der Waals surface area contributed by atoms with Gasteiger partial charge in [0.2, 0.25) is 0 Å². The molecule has 0 fully saturated rings. The third-order valence-electron chi connectivity index (χ3n) is 2.30. The molecule has 0 heterocycles. The van der Waals surface area contributed by atoms with Crippen LogP contribution < -0.4 is 0 Å². The number of rotatable bonds is 5. The molecule has 0 aliphatic heterocycles. The second-order valence-corrected chi connectivity index (χ2v) is 4.69. The molecule has 0 aliphatic carbocycles. The Kier molecular flexibility index (Phi) is 5.05. The Morgan fingerprint density at radius 1 is 1.14 bits per heavy atom. The molecule has 0 bridgehead atoms. The maximum absolute atomic E-state index is 8.63. The molecule has 0 radical (unpaired) electrons. The Labute approximate surface area is 90.5 Å². The molecule has 0 spiro atoms. The van der Waals surface area contributed by atoms with E-state index in [1.165, 1.54) is 16.0 Å². The van der Waals surface area contributed by atoms with E-state index < -0.39 is 0 Å². The van der Waals surface area contributed by atoms with Gasteiger partial charge in [-0.05, 0) is 55.7 Å². The van der Waals surface area contributed by atoms with Gasteiger partial charge in [-0.25, -0.2) is 0 Å². The first-order chi connectivity index (χ1) is 6.74. The highest BCUT2D eigenvalue weighted by Crippen LogP contribution is 2.21. The molecule has 0 aromatic heterocycles. The minimum Gasteiger partial charge on any atom is -0.396 e. The normalized spacial score (nSPS) is 10.5. The molecule has 0 aliphatic rings. The van der Waals surface area contributed by atoms with Crippen LogP contribution in [0.4, 0.5) is 0 Å². The van der Waals surface area contributed by atoms with Gasteiger partial charge in [-0.15, -0.1) is 11.8 Å². The molecule has 0 unspecified atom stereocenters. The SMILES string of the molecule is Cc1ccc(SCCCCO)cc1C. The molecule has 78 valence electrons. The first-order valence-electron chi connectivity index (χ1n) is 5.05. The third-order valence-corrected chi connectivity index (χ3v) is 3.38. The van der Waals surface area contributed by atoms with Crippen LogP contribution in [0.2, 0.25) is 0 Å². The lowest BCUT2D eigenvalue weighted by molar-refractivity contribution is 0.287. The zero-order chi connectivity index (χ0) is 10.4. The van der Waals surface area contributed by atoms with E-state index >= 15 is 0 Å². The summed E-state index contributed by atoms with van der Waals surface area (Å²) >= 11 is 1.87. The van der Waals surface area contributed by atoms with Crippen molar-refractivity contribution in [1.82, 2.24) is 0 Å². The average molecular weight is 210 g/mol.